The number of hydrogen-bond acceptors (Lipinski definition) is 5. The molecule has 0 atom stereocenters. The maximum absolute atomic E-state index is 12.3. The summed E-state index contributed by atoms with van der Waals surface area (Å²) in [6.45, 7) is 1.72. The zero-order valence-electron chi connectivity index (χ0n) is 16.4. The van der Waals surface area contributed by atoms with E-state index in [9.17, 15) is 4.79 Å². The van der Waals surface area contributed by atoms with Gasteiger partial charge in [-0.3, -0.25) is 9.20 Å². The Morgan fingerprint density at radius 1 is 1.21 bits per heavy atom. The Hall–Kier alpha value is -3.09. The lowest BCUT2D eigenvalue weighted by atomic mass is 9.85. The van der Waals surface area contributed by atoms with Crippen LogP contribution in [0.5, 0.6) is 5.75 Å². The second-order valence-electron chi connectivity index (χ2n) is 7.88. The minimum atomic E-state index is 0.0426. The molecular weight excluding hydrogens is 366 g/mol. The Balaban J connectivity index is 1.44. The standard InChI is InChI=1S/C22H25N5O2/c23-21-20-19(25-22(15-5-3-6-15)27(20)12-9-24-21)16-7-4-8-17(13-16)29-14-18(28)26-10-1-2-11-26/h4,7-9,12-13,15H,1-3,5-6,10-11,14H2,(H2,23,24). The van der Waals surface area contributed by atoms with Crippen LogP contribution in [-0.4, -0.2) is 44.9 Å². The van der Waals surface area contributed by atoms with Gasteiger partial charge in [-0.25, -0.2) is 9.97 Å². The molecule has 1 aliphatic heterocycles. The van der Waals surface area contributed by atoms with E-state index >= 15 is 0 Å². The predicted octanol–water partition coefficient (Wildman–Crippen LogP) is 3.25. The first-order valence-electron chi connectivity index (χ1n) is 10.3. The smallest absolute Gasteiger partial charge is 0.260 e. The Morgan fingerprint density at radius 3 is 2.79 bits per heavy atom. The van der Waals surface area contributed by atoms with Gasteiger partial charge in [0.1, 0.15) is 28.6 Å². The van der Waals surface area contributed by atoms with E-state index in [-0.39, 0.29) is 12.5 Å². The molecule has 1 aromatic carbocycles. The number of aromatic nitrogens is 3. The van der Waals surface area contributed by atoms with Gasteiger partial charge in [0.25, 0.3) is 5.91 Å². The van der Waals surface area contributed by atoms with Crippen LogP contribution < -0.4 is 10.5 Å². The third-order valence-corrected chi connectivity index (χ3v) is 6.01. The van der Waals surface area contributed by atoms with E-state index in [1.165, 1.54) is 6.42 Å². The number of rotatable bonds is 5. The fourth-order valence-corrected chi connectivity index (χ4v) is 4.18. The van der Waals surface area contributed by atoms with Gasteiger partial charge < -0.3 is 15.4 Å². The largest absolute Gasteiger partial charge is 0.484 e. The monoisotopic (exact) mass is 391 g/mol. The minimum absolute atomic E-state index is 0.0426. The maximum Gasteiger partial charge on any atom is 0.260 e. The van der Waals surface area contributed by atoms with Crippen LogP contribution in [0.2, 0.25) is 0 Å². The Morgan fingerprint density at radius 2 is 2.03 bits per heavy atom. The van der Waals surface area contributed by atoms with Crippen molar-refractivity contribution in [2.75, 3.05) is 25.4 Å². The third-order valence-electron chi connectivity index (χ3n) is 6.01. The zero-order valence-corrected chi connectivity index (χ0v) is 16.4. The molecule has 2 N–H and O–H groups in total. The van der Waals surface area contributed by atoms with Crippen LogP contribution in [-0.2, 0) is 4.79 Å². The molecule has 29 heavy (non-hydrogen) atoms. The third kappa shape index (κ3) is 3.30. The highest BCUT2D eigenvalue weighted by Crippen LogP contribution is 2.39. The summed E-state index contributed by atoms with van der Waals surface area (Å²) >= 11 is 0. The van der Waals surface area contributed by atoms with E-state index in [1.54, 1.807) is 6.20 Å². The molecule has 5 rings (SSSR count). The lowest BCUT2D eigenvalue weighted by molar-refractivity contribution is -0.132. The van der Waals surface area contributed by atoms with Crippen LogP contribution in [0.1, 0.15) is 43.8 Å². The summed E-state index contributed by atoms with van der Waals surface area (Å²) in [5, 5.41) is 0. The molecule has 1 saturated carbocycles. The molecule has 150 valence electrons. The molecule has 0 bridgehead atoms. The molecule has 0 unspecified atom stereocenters. The van der Waals surface area contributed by atoms with Crippen LogP contribution in [0.3, 0.4) is 0 Å². The highest BCUT2D eigenvalue weighted by atomic mass is 16.5. The van der Waals surface area contributed by atoms with Crippen molar-refractivity contribution in [3.05, 3.63) is 42.5 Å². The summed E-state index contributed by atoms with van der Waals surface area (Å²) in [5.41, 5.74) is 8.78. The average Bonchev–Trinajstić information content (AvgIpc) is 3.35. The van der Waals surface area contributed by atoms with Gasteiger partial charge in [0.05, 0.1) is 0 Å². The second kappa shape index (κ2) is 7.39. The number of carbonyl (C=O) groups is 1. The van der Waals surface area contributed by atoms with Gasteiger partial charge in [-0.15, -0.1) is 0 Å². The number of ether oxygens (including phenoxy) is 1. The number of imidazole rings is 1. The number of hydrogen-bond donors (Lipinski definition) is 1. The van der Waals surface area contributed by atoms with E-state index in [0.717, 1.165) is 61.4 Å². The topological polar surface area (TPSA) is 85.7 Å². The van der Waals surface area contributed by atoms with Gasteiger partial charge >= 0.3 is 0 Å². The Bertz CT molecular complexity index is 1050. The first-order chi connectivity index (χ1) is 14.2. The number of anilines is 1. The number of amides is 1. The fraction of sp³-hybridized carbons (Fsp3) is 0.409. The van der Waals surface area contributed by atoms with Gasteiger partial charge in [0.2, 0.25) is 0 Å². The Labute approximate surface area is 169 Å². The number of nitrogen functional groups attached to an aromatic ring is 1. The van der Waals surface area contributed by atoms with Gasteiger partial charge in [-0.2, -0.15) is 0 Å². The van der Waals surface area contributed by atoms with E-state index in [4.69, 9.17) is 15.5 Å². The van der Waals surface area contributed by atoms with E-state index in [2.05, 4.69) is 9.38 Å². The SMILES string of the molecule is Nc1nccn2c(C3CCC3)nc(-c3cccc(OCC(=O)N4CCCC4)c3)c12. The van der Waals surface area contributed by atoms with Gasteiger partial charge in [-0.1, -0.05) is 18.6 Å². The van der Waals surface area contributed by atoms with E-state index in [1.807, 2.05) is 35.4 Å². The minimum Gasteiger partial charge on any atom is -0.484 e. The molecule has 3 heterocycles. The molecule has 2 fully saturated rings. The number of likely N-dealkylation sites (tertiary alicyclic amines) is 1. The summed E-state index contributed by atoms with van der Waals surface area (Å²) in [5.74, 6) is 2.68. The number of nitrogens with two attached hydrogens (primary N) is 1. The number of benzene rings is 1. The molecule has 1 saturated heterocycles. The first kappa shape index (κ1) is 18.0. The van der Waals surface area contributed by atoms with Gasteiger partial charge in [0, 0.05) is 37.0 Å². The highest BCUT2D eigenvalue weighted by Gasteiger charge is 2.27. The van der Waals surface area contributed by atoms with E-state index < -0.39 is 0 Å². The van der Waals surface area contributed by atoms with Crippen molar-refractivity contribution in [1.82, 2.24) is 19.3 Å². The summed E-state index contributed by atoms with van der Waals surface area (Å²) < 4.78 is 7.87. The molecule has 3 aromatic rings. The molecule has 2 aliphatic rings. The van der Waals surface area contributed by atoms with Crippen LogP contribution >= 0.6 is 0 Å². The molecular formula is C22H25N5O2. The summed E-state index contributed by atoms with van der Waals surface area (Å²) in [4.78, 5) is 23.4. The summed E-state index contributed by atoms with van der Waals surface area (Å²) in [6, 6.07) is 7.71. The predicted molar refractivity (Wildman–Crippen MR) is 111 cm³/mol. The van der Waals surface area contributed by atoms with Crippen molar-refractivity contribution in [2.24, 2.45) is 0 Å². The van der Waals surface area contributed by atoms with Crippen molar-refractivity contribution in [3.63, 3.8) is 0 Å². The van der Waals surface area contributed by atoms with Crippen LogP contribution in [0.15, 0.2) is 36.7 Å². The van der Waals surface area contributed by atoms with Crippen LogP contribution in [0.4, 0.5) is 5.82 Å². The normalized spacial score (nSPS) is 16.9. The second-order valence-corrected chi connectivity index (χ2v) is 7.88. The van der Waals surface area contributed by atoms with E-state index in [0.29, 0.717) is 17.5 Å². The molecule has 0 radical (unpaired) electrons. The Kier molecular flexibility index (Phi) is 4.58. The highest BCUT2D eigenvalue weighted by molar-refractivity contribution is 5.86. The van der Waals surface area contributed by atoms with Crippen LogP contribution in [0.25, 0.3) is 16.8 Å². The van der Waals surface area contributed by atoms with Crippen molar-refractivity contribution in [1.29, 1.82) is 0 Å². The quantitative estimate of drug-likeness (QED) is 0.722. The summed E-state index contributed by atoms with van der Waals surface area (Å²) in [7, 11) is 0. The lowest BCUT2D eigenvalue weighted by Gasteiger charge is -2.23. The number of carbonyl (C=O) groups excluding carboxylic acids is 1. The van der Waals surface area contributed by atoms with Gasteiger partial charge in [-0.05, 0) is 37.8 Å². The van der Waals surface area contributed by atoms with Gasteiger partial charge in [0.15, 0.2) is 6.61 Å². The van der Waals surface area contributed by atoms with Crippen LogP contribution in [0, 0.1) is 0 Å². The molecule has 1 aliphatic carbocycles. The molecule has 7 nitrogen and oxygen atoms in total. The van der Waals surface area contributed by atoms with Crippen molar-refractivity contribution in [2.45, 2.75) is 38.0 Å². The number of nitrogens with zero attached hydrogens (tertiary/aromatic N) is 4. The number of fused-ring (bicyclic) bond motifs is 1. The average molecular weight is 391 g/mol. The molecule has 0 spiro atoms. The summed E-state index contributed by atoms with van der Waals surface area (Å²) in [6.07, 6.45) is 9.36. The maximum atomic E-state index is 12.3. The van der Waals surface area contributed by atoms with Crippen molar-refractivity contribution in [3.8, 4) is 17.0 Å². The first-order valence-corrected chi connectivity index (χ1v) is 10.3. The fourth-order valence-electron chi connectivity index (χ4n) is 4.18. The molecule has 7 heteroatoms. The zero-order chi connectivity index (χ0) is 19.8. The van der Waals surface area contributed by atoms with Crippen molar-refractivity contribution < 1.29 is 9.53 Å². The lowest BCUT2D eigenvalue weighted by Crippen LogP contribution is -2.32. The molecule has 2 aromatic heterocycles. The molecule has 1 amide bonds. The van der Waals surface area contributed by atoms with Crippen molar-refractivity contribution >= 4 is 17.2 Å².